The molecule has 0 aromatic heterocycles. The molecule has 23 heavy (non-hydrogen) atoms. The molecule has 1 aromatic carbocycles. The van der Waals surface area contributed by atoms with E-state index in [0.717, 1.165) is 0 Å². The van der Waals surface area contributed by atoms with Gasteiger partial charge in [0.1, 0.15) is 12.1 Å². The minimum absolute atomic E-state index is 0.0374. The number of benzene rings is 1. The van der Waals surface area contributed by atoms with Gasteiger partial charge in [-0.1, -0.05) is 6.07 Å². The Bertz CT molecular complexity index is 603. The molecule has 0 aliphatic carbocycles. The first-order valence-electron chi connectivity index (χ1n) is 6.70. The van der Waals surface area contributed by atoms with Crippen LogP contribution >= 0.6 is 0 Å². The molecule has 0 saturated heterocycles. The summed E-state index contributed by atoms with van der Waals surface area (Å²) in [4.78, 5) is 33.6. The Morgan fingerprint density at radius 3 is 2.22 bits per heavy atom. The maximum Gasteiger partial charge on any atom is 0.330 e. The lowest BCUT2D eigenvalue weighted by Crippen LogP contribution is -2.40. The van der Waals surface area contributed by atoms with Crippen LogP contribution in [0.1, 0.15) is 18.4 Å². The average Bonchev–Trinajstić information content (AvgIpc) is 2.48. The summed E-state index contributed by atoms with van der Waals surface area (Å²) in [6.07, 6.45) is -0.532. The minimum Gasteiger partial charge on any atom is -0.504 e. The van der Waals surface area contributed by atoms with Crippen molar-refractivity contribution in [3.63, 3.8) is 0 Å². The smallest absolute Gasteiger partial charge is 0.330 e. The Hall–Kier alpha value is -2.65. The molecule has 0 radical (unpaired) electrons. The van der Waals surface area contributed by atoms with Gasteiger partial charge in [-0.25, -0.2) is 9.59 Å². The second-order valence-corrected chi connectivity index (χ2v) is 4.91. The Morgan fingerprint density at radius 1 is 1.04 bits per heavy atom. The van der Waals surface area contributed by atoms with Gasteiger partial charge < -0.3 is 31.5 Å². The summed E-state index contributed by atoms with van der Waals surface area (Å²) in [5, 5.41) is 27.0. The van der Waals surface area contributed by atoms with Crippen LogP contribution in [0.4, 0.5) is 0 Å². The number of carbonyl (C=O) groups is 3. The van der Waals surface area contributed by atoms with Gasteiger partial charge in [-0.15, -0.1) is 0 Å². The Balaban J connectivity index is 2.54. The highest BCUT2D eigenvalue weighted by molar-refractivity contribution is 5.91. The second kappa shape index (κ2) is 8.11. The van der Waals surface area contributed by atoms with Crippen molar-refractivity contribution in [1.29, 1.82) is 0 Å². The van der Waals surface area contributed by atoms with Gasteiger partial charge in [-0.3, -0.25) is 4.79 Å². The molecular formula is C14H18N2O7. The molecule has 0 bridgehead atoms. The van der Waals surface area contributed by atoms with E-state index in [1.54, 1.807) is 0 Å². The fourth-order valence-electron chi connectivity index (χ4n) is 1.68. The quantitative estimate of drug-likeness (QED) is 0.245. The largest absolute Gasteiger partial charge is 0.504 e. The average molecular weight is 326 g/mol. The van der Waals surface area contributed by atoms with Crippen molar-refractivity contribution < 1.29 is 34.4 Å². The fraction of sp³-hybridized carbons (Fsp3) is 0.357. The number of carbonyl (C=O) groups excluding carboxylic acids is 2. The van der Waals surface area contributed by atoms with Gasteiger partial charge in [0.25, 0.3) is 0 Å². The summed E-state index contributed by atoms with van der Waals surface area (Å²) in [7, 11) is 0. The number of phenols is 2. The molecule has 0 spiro atoms. The fourth-order valence-corrected chi connectivity index (χ4v) is 1.68. The van der Waals surface area contributed by atoms with Crippen LogP contribution < -0.4 is 11.5 Å². The molecule has 0 heterocycles. The first-order chi connectivity index (χ1) is 10.7. The number of aromatic hydroxyl groups is 2. The van der Waals surface area contributed by atoms with E-state index in [1.807, 2.05) is 0 Å². The molecule has 9 nitrogen and oxygen atoms in total. The minimum atomic E-state index is -1.24. The maximum absolute atomic E-state index is 11.7. The molecule has 0 aliphatic rings. The van der Waals surface area contributed by atoms with E-state index in [2.05, 4.69) is 4.74 Å². The van der Waals surface area contributed by atoms with E-state index < -0.39 is 30.0 Å². The van der Waals surface area contributed by atoms with Crippen molar-refractivity contribution in [2.75, 3.05) is 0 Å². The molecule has 2 atom stereocenters. The summed E-state index contributed by atoms with van der Waals surface area (Å²) in [5.74, 6) is -3.88. The van der Waals surface area contributed by atoms with Gasteiger partial charge in [0.05, 0.1) is 0 Å². The number of nitrogens with two attached hydrogens (primary N) is 2. The van der Waals surface area contributed by atoms with E-state index >= 15 is 0 Å². The van der Waals surface area contributed by atoms with E-state index in [4.69, 9.17) is 16.6 Å². The summed E-state index contributed by atoms with van der Waals surface area (Å²) >= 11 is 0. The molecule has 0 fully saturated rings. The molecule has 126 valence electrons. The van der Waals surface area contributed by atoms with Crippen LogP contribution in [0.5, 0.6) is 11.5 Å². The topological polar surface area (TPSA) is 173 Å². The third-order valence-corrected chi connectivity index (χ3v) is 2.97. The number of phenolic OH excluding ortho intramolecular Hbond substituents is 2. The van der Waals surface area contributed by atoms with Crippen LogP contribution in [0.15, 0.2) is 18.2 Å². The van der Waals surface area contributed by atoms with Crippen LogP contribution in [-0.4, -0.2) is 45.3 Å². The number of rotatable bonds is 7. The monoisotopic (exact) mass is 326 g/mol. The number of hydrogen-bond acceptors (Lipinski definition) is 8. The molecule has 9 heteroatoms. The first kappa shape index (κ1) is 18.4. The molecule has 1 aromatic rings. The summed E-state index contributed by atoms with van der Waals surface area (Å²) < 4.78 is 4.50. The molecular weight excluding hydrogens is 308 g/mol. The predicted molar refractivity (Wildman–Crippen MR) is 77.4 cm³/mol. The number of hydrogen-bond donors (Lipinski definition) is 5. The van der Waals surface area contributed by atoms with Crippen LogP contribution in [0, 0.1) is 0 Å². The number of ether oxygens (including phenoxy) is 1. The molecule has 7 N–H and O–H groups in total. The standard InChI is InChI=1S/C14H18N2O7/c15-8(2-4-12(19)20)13(21)23-14(22)9(16)5-7-1-3-10(17)11(18)6-7/h1,3,6,8-9,17-18H,2,4-5,15-16H2,(H,19,20). The summed E-state index contributed by atoms with van der Waals surface area (Å²) in [6, 6.07) is 1.48. The third-order valence-electron chi connectivity index (χ3n) is 2.97. The van der Waals surface area contributed by atoms with Gasteiger partial charge in [0, 0.05) is 6.42 Å². The van der Waals surface area contributed by atoms with Gasteiger partial charge in [0.2, 0.25) is 0 Å². The zero-order valence-electron chi connectivity index (χ0n) is 12.1. The highest BCUT2D eigenvalue weighted by Gasteiger charge is 2.24. The van der Waals surface area contributed by atoms with Crippen molar-refractivity contribution in [2.45, 2.75) is 31.3 Å². The predicted octanol–water partition coefficient (Wildman–Crippen LogP) is -0.770. The maximum atomic E-state index is 11.7. The second-order valence-electron chi connectivity index (χ2n) is 4.91. The van der Waals surface area contributed by atoms with Gasteiger partial charge in [0.15, 0.2) is 11.5 Å². The van der Waals surface area contributed by atoms with Crippen molar-refractivity contribution in [2.24, 2.45) is 11.5 Å². The molecule has 0 saturated carbocycles. The number of carboxylic acid groups (broad SMARTS) is 1. The third kappa shape index (κ3) is 5.93. The summed E-state index contributed by atoms with van der Waals surface area (Å²) in [5.41, 5.74) is 11.5. The molecule has 1 rings (SSSR count). The molecule has 2 unspecified atom stereocenters. The Kier molecular flexibility index (Phi) is 6.49. The number of aliphatic carboxylic acids is 1. The van der Waals surface area contributed by atoms with E-state index in [9.17, 15) is 24.6 Å². The van der Waals surface area contributed by atoms with E-state index in [1.165, 1.54) is 18.2 Å². The van der Waals surface area contributed by atoms with Gasteiger partial charge >= 0.3 is 17.9 Å². The SMILES string of the molecule is NC(CCC(=O)O)C(=O)OC(=O)C(N)Cc1ccc(O)c(O)c1. The van der Waals surface area contributed by atoms with Crippen molar-refractivity contribution in [3.05, 3.63) is 23.8 Å². The highest BCUT2D eigenvalue weighted by atomic mass is 16.6. The molecule has 0 amide bonds. The number of carboxylic acids is 1. The van der Waals surface area contributed by atoms with Crippen molar-refractivity contribution in [3.8, 4) is 11.5 Å². The van der Waals surface area contributed by atoms with Gasteiger partial charge in [-0.2, -0.15) is 0 Å². The first-order valence-corrected chi connectivity index (χ1v) is 6.70. The summed E-state index contributed by atoms with van der Waals surface area (Å²) in [6.45, 7) is 0. The van der Waals surface area contributed by atoms with E-state index in [0.29, 0.717) is 5.56 Å². The normalized spacial score (nSPS) is 13.1. The lowest BCUT2D eigenvalue weighted by atomic mass is 10.1. The van der Waals surface area contributed by atoms with Crippen LogP contribution in [0.25, 0.3) is 0 Å². The number of esters is 2. The molecule has 0 aliphatic heterocycles. The van der Waals surface area contributed by atoms with Crippen molar-refractivity contribution in [1.82, 2.24) is 0 Å². The van der Waals surface area contributed by atoms with E-state index in [-0.39, 0.29) is 30.8 Å². The lowest BCUT2D eigenvalue weighted by molar-refractivity contribution is -0.161. The Labute approximate surface area is 131 Å². The van der Waals surface area contributed by atoms with Crippen LogP contribution in [0.2, 0.25) is 0 Å². The van der Waals surface area contributed by atoms with Crippen LogP contribution in [0.3, 0.4) is 0 Å². The van der Waals surface area contributed by atoms with Crippen molar-refractivity contribution >= 4 is 17.9 Å². The van der Waals surface area contributed by atoms with Gasteiger partial charge in [-0.05, 0) is 30.5 Å². The Morgan fingerprint density at radius 2 is 1.65 bits per heavy atom. The van der Waals surface area contributed by atoms with Crippen LogP contribution in [-0.2, 0) is 25.5 Å². The lowest BCUT2D eigenvalue weighted by Gasteiger charge is -2.13. The zero-order valence-corrected chi connectivity index (χ0v) is 12.1. The zero-order chi connectivity index (χ0) is 17.6. The highest BCUT2D eigenvalue weighted by Crippen LogP contribution is 2.25.